The van der Waals surface area contributed by atoms with E-state index in [-0.39, 0.29) is 23.2 Å². The number of aromatic nitrogens is 4. The molecule has 36 heavy (non-hydrogen) atoms. The molecule has 1 aliphatic rings. The van der Waals surface area contributed by atoms with Gasteiger partial charge in [-0.1, -0.05) is 42.5 Å². The molecule has 1 unspecified atom stereocenters. The lowest BCUT2D eigenvalue weighted by Gasteiger charge is -2.32. The molecule has 2 aromatic heterocycles. The first kappa shape index (κ1) is 23.2. The van der Waals surface area contributed by atoms with Crippen LogP contribution in [0.2, 0.25) is 0 Å². The summed E-state index contributed by atoms with van der Waals surface area (Å²) in [5.41, 5.74) is 1.78. The van der Waals surface area contributed by atoms with Crippen molar-refractivity contribution in [3.8, 4) is 17.2 Å². The Bertz CT molecular complexity index is 1390. The largest absolute Gasteiger partial charge is 0.354 e. The molecule has 3 heterocycles. The van der Waals surface area contributed by atoms with E-state index < -0.39 is 4.92 Å². The number of aryl methyl sites for hydroxylation is 1. The maximum atomic E-state index is 13.0. The molecule has 0 aliphatic carbocycles. The minimum Gasteiger partial charge on any atom is -0.354 e. The molecule has 4 aromatic rings. The number of imidazole rings is 1. The van der Waals surface area contributed by atoms with E-state index >= 15 is 0 Å². The van der Waals surface area contributed by atoms with Crippen molar-refractivity contribution in [2.45, 2.75) is 19.8 Å². The molecule has 10 nitrogen and oxygen atoms in total. The fraction of sp³-hybridized carbons (Fsp3) is 0.231. The normalized spacial score (nSPS) is 15.5. The van der Waals surface area contributed by atoms with E-state index in [4.69, 9.17) is 0 Å². The van der Waals surface area contributed by atoms with Gasteiger partial charge in [0.25, 0.3) is 5.69 Å². The lowest BCUT2D eigenvalue weighted by molar-refractivity contribution is -0.384. The van der Waals surface area contributed by atoms with Crippen LogP contribution >= 0.6 is 0 Å². The lowest BCUT2D eigenvalue weighted by Crippen LogP contribution is -2.41. The fourth-order valence-electron chi connectivity index (χ4n) is 4.50. The Kier molecular flexibility index (Phi) is 6.40. The topological polar surface area (TPSA) is 119 Å². The second-order valence-corrected chi connectivity index (χ2v) is 8.74. The molecule has 1 N–H and O–H groups in total. The summed E-state index contributed by atoms with van der Waals surface area (Å²) in [5, 5.41) is 23.1. The molecule has 1 atom stereocenters. The molecule has 10 heteroatoms. The Morgan fingerprint density at radius 3 is 2.58 bits per heavy atom. The summed E-state index contributed by atoms with van der Waals surface area (Å²) in [6, 6.07) is 18.4. The number of piperidine rings is 1. The molecule has 0 spiro atoms. The Morgan fingerprint density at radius 2 is 1.83 bits per heavy atom. The standard InChI is InChI=1S/C26H25N7O3/c1-18-7-5-11-21(33(35)36)24(18)28-26(34)20-10-6-15-31(17-20)22-12-13-23(30-29-22)32-16-14-27-25(32)19-8-3-2-4-9-19/h2-5,7-9,11-14,16,20H,6,10,15,17H2,1H3,(H,28,34). The van der Waals surface area contributed by atoms with Gasteiger partial charge in [-0.15, -0.1) is 10.2 Å². The second kappa shape index (κ2) is 9.95. The van der Waals surface area contributed by atoms with Crippen LogP contribution in [0.3, 0.4) is 0 Å². The highest BCUT2D eigenvalue weighted by Crippen LogP contribution is 2.30. The number of rotatable bonds is 6. The molecule has 5 rings (SSSR count). The minimum atomic E-state index is -0.476. The van der Waals surface area contributed by atoms with Crippen molar-refractivity contribution in [1.82, 2.24) is 19.7 Å². The van der Waals surface area contributed by atoms with Gasteiger partial charge in [0, 0.05) is 37.1 Å². The van der Waals surface area contributed by atoms with E-state index in [2.05, 4.69) is 20.5 Å². The Hall–Kier alpha value is -4.60. The van der Waals surface area contributed by atoms with Crippen molar-refractivity contribution in [2.75, 3.05) is 23.3 Å². The maximum absolute atomic E-state index is 13.0. The average Bonchev–Trinajstić information content (AvgIpc) is 3.40. The summed E-state index contributed by atoms with van der Waals surface area (Å²) >= 11 is 0. The molecule has 1 amide bonds. The second-order valence-electron chi connectivity index (χ2n) is 8.74. The Balaban J connectivity index is 1.30. The SMILES string of the molecule is Cc1cccc([N+](=O)[O-])c1NC(=O)C1CCCN(c2ccc(-n3ccnc3-c3ccccc3)nn2)C1. The van der Waals surface area contributed by atoms with Crippen LogP contribution in [0.5, 0.6) is 0 Å². The van der Waals surface area contributed by atoms with Crippen LogP contribution in [-0.2, 0) is 4.79 Å². The molecular formula is C26H25N7O3. The lowest BCUT2D eigenvalue weighted by atomic mass is 9.96. The van der Waals surface area contributed by atoms with E-state index in [0.29, 0.717) is 30.2 Å². The number of nitro groups is 1. The molecule has 182 valence electrons. The third kappa shape index (κ3) is 4.65. The van der Waals surface area contributed by atoms with Crippen molar-refractivity contribution in [2.24, 2.45) is 5.92 Å². The van der Waals surface area contributed by atoms with Gasteiger partial charge in [0.15, 0.2) is 11.6 Å². The number of nitrogens with one attached hydrogen (secondary N) is 1. The molecule has 1 fully saturated rings. The number of carbonyl (C=O) groups is 1. The van der Waals surface area contributed by atoms with Gasteiger partial charge >= 0.3 is 0 Å². The van der Waals surface area contributed by atoms with Gasteiger partial charge in [-0.25, -0.2) is 4.98 Å². The van der Waals surface area contributed by atoms with Crippen LogP contribution in [-0.4, -0.2) is 43.7 Å². The van der Waals surface area contributed by atoms with E-state index in [1.807, 2.05) is 58.1 Å². The average molecular weight is 484 g/mol. The number of carbonyl (C=O) groups excluding carboxylic acids is 1. The van der Waals surface area contributed by atoms with Crippen LogP contribution in [0, 0.1) is 23.0 Å². The zero-order valence-corrected chi connectivity index (χ0v) is 19.7. The number of nitrogens with zero attached hydrogens (tertiary/aromatic N) is 6. The summed E-state index contributed by atoms with van der Waals surface area (Å²) < 4.78 is 1.88. The van der Waals surface area contributed by atoms with Gasteiger partial charge in [0.2, 0.25) is 5.91 Å². The Labute approximate surface area is 207 Å². The van der Waals surface area contributed by atoms with Crippen LogP contribution < -0.4 is 10.2 Å². The molecule has 0 saturated carbocycles. The highest BCUT2D eigenvalue weighted by Gasteiger charge is 2.29. The predicted molar refractivity (Wildman–Crippen MR) is 136 cm³/mol. The zero-order chi connectivity index (χ0) is 25.1. The van der Waals surface area contributed by atoms with Gasteiger partial charge in [0.05, 0.1) is 10.8 Å². The number of hydrogen-bond acceptors (Lipinski definition) is 7. The number of anilines is 2. The van der Waals surface area contributed by atoms with Gasteiger partial charge in [-0.2, -0.15) is 0 Å². The predicted octanol–water partition coefficient (Wildman–Crippen LogP) is 4.40. The van der Waals surface area contributed by atoms with E-state index in [9.17, 15) is 14.9 Å². The monoisotopic (exact) mass is 483 g/mol. The van der Waals surface area contributed by atoms with Gasteiger partial charge in [-0.05, 0) is 37.5 Å². The minimum absolute atomic E-state index is 0.105. The van der Waals surface area contributed by atoms with E-state index in [1.54, 1.807) is 25.3 Å². The number of para-hydroxylation sites is 1. The quantitative estimate of drug-likeness (QED) is 0.319. The summed E-state index contributed by atoms with van der Waals surface area (Å²) in [4.78, 5) is 30.5. The summed E-state index contributed by atoms with van der Waals surface area (Å²) in [5.74, 6) is 1.55. The number of amides is 1. The number of hydrogen-bond donors (Lipinski definition) is 1. The third-order valence-electron chi connectivity index (χ3n) is 6.37. The van der Waals surface area contributed by atoms with Crippen molar-refractivity contribution in [3.05, 3.63) is 88.7 Å². The van der Waals surface area contributed by atoms with Gasteiger partial charge < -0.3 is 10.2 Å². The third-order valence-corrected chi connectivity index (χ3v) is 6.37. The first-order valence-corrected chi connectivity index (χ1v) is 11.7. The molecule has 0 radical (unpaired) electrons. The van der Waals surface area contributed by atoms with Crippen molar-refractivity contribution in [1.29, 1.82) is 0 Å². The first-order chi connectivity index (χ1) is 17.5. The van der Waals surface area contributed by atoms with E-state index in [1.165, 1.54) is 6.07 Å². The van der Waals surface area contributed by atoms with Crippen LogP contribution in [0.25, 0.3) is 17.2 Å². The van der Waals surface area contributed by atoms with Crippen molar-refractivity contribution < 1.29 is 9.72 Å². The summed E-state index contributed by atoms with van der Waals surface area (Å²) in [7, 11) is 0. The molecule has 0 bridgehead atoms. The van der Waals surface area contributed by atoms with Gasteiger partial charge in [0.1, 0.15) is 11.5 Å². The summed E-state index contributed by atoms with van der Waals surface area (Å²) in [6.07, 6.45) is 5.07. The van der Waals surface area contributed by atoms with Crippen molar-refractivity contribution in [3.63, 3.8) is 0 Å². The van der Waals surface area contributed by atoms with E-state index in [0.717, 1.165) is 24.4 Å². The number of nitro benzene ring substituents is 1. The molecule has 1 aliphatic heterocycles. The zero-order valence-electron chi connectivity index (χ0n) is 19.7. The smallest absolute Gasteiger partial charge is 0.293 e. The van der Waals surface area contributed by atoms with Crippen LogP contribution in [0.4, 0.5) is 17.2 Å². The highest BCUT2D eigenvalue weighted by molar-refractivity contribution is 5.96. The van der Waals surface area contributed by atoms with Crippen LogP contribution in [0.15, 0.2) is 73.1 Å². The maximum Gasteiger partial charge on any atom is 0.293 e. The summed E-state index contributed by atoms with van der Waals surface area (Å²) in [6.45, 7) is 2.96. The molecule has 1 saturated heterocycles. The van der Waals surface area contributed by atoms with Crippen LogP contribution in [0.1, 0.15) is 18.4 Å². The molecular weight excluding hydrogens is 458 g/mol. The first-order valence-electron chi connectivity index (χ1n) is 11.7. The fourth-order valence-corrected chi connectivity index (χ4v) is 4.50. The Morgan fingerprint density at radius 1 is 1.06 bits per heavy atom. The molecule has 2 aromatic carbocycles. The van der Waals surface area contributed by atoms with Gasteiger partial charge in [-0.3, -0.25) is 19.5 Å². The highest BCUT2D eigenvalue weighted by atomic mass is 16.6. The number of benzene rings is 2. The van der Waals surface area contributed by atoms with Crippen molar-refractivity contribution >= 4 is 23.1 Å².